The summed E-state index contributed by atoms with van der Waals surface area (Å²) in [6, 6.07) is 16.5. The van der Waals surface area contributed by atoms with E-state index >= 15 is 0 Å². The molecule has 0 radical (unpaired) electrons. The summed E-state index contributed by atoms with van der Waals surface area (Å²) in [6.45, 7) is 1.95. The van der Waals surface area contributed by atoms with Crippen molar-refractivity contribution < 1.29 is 13.9 Å². The Morgan fingerprint density at radius 3 is 2.58 bits per heavy atom. The Morgan fingerprint density at radius 1 is 1.10 bits per heavy atom. The van der Waals surface area contributed by atoms with Crippen LogP contribution >= 0.6 is 35.0 Å². The van der Waals surface area contributed by atoms with Crippen LogP contribution in [0.5, 0.6) is 0 Å². The summed E-state index contributed by atoms with van der Waals surface area (Å²) in [7, 11) is 1.31. The lowest BCUT2D eigenvalue weighted by Gasteiger charge is -2.11. The molecule has 0 N–H and O–H groups in total. The van der Waals surface area contributed by atoms with Crippen molar-refractivity contribution in [2.45, 2.75) is 17.8 Å². The van der Waals surface area contributed by atoms with Crippen LogP contribution in [0.25, 0.3) is 17.1 Å². The number of benzene rings is 2. The van der Waals surface area contributed by atoms with Gasteiger partial charge in [-0.3, -0.25) is 4.57 Å². The van der Waals surface area contributed by atoms with Crippen LogP contribution in [0.2, 0.25) is 10.0 Å². The topological polar surface area (TPSA) is 70.2 Å². The van der Waals surface area contributed by atoms with E-state index < -0.39 is 5.97 Å². The minimum absolute atomic E-state index is 0.159. The highest BCUT2D eigenvalue weighted by Crippen LogP contribution is 2.32. The predicted octanol–water partition coefficient (Wildman–Crippen LogP) is 6.22. The number of aryl methyl sites for hydroxylation is 1. The van der Waals surface area contributed by atoms with Gasteiger partial charge in [0.25, 0.3) is 0 Å². The second-order valence-corrected chi connectivity index (χ2v) is 8.41. The monoisotopic (exact) mass is 473 g/mol. The number of hydrogen-bond acceptors (Lipinski definition) is 6. The van der Waals surface area contributed by atoms with Gasteiger partial charge in [0.1, 0.15) is 5.76 Å². The molecule has 9 heteroatoms. The first-order valence-electron chi connectivity index (χ1n) is 9.24. The molecule has 0 fully saturated rings. The molecule has 6 nitrogen and oxygen atoms in total. The minimum atomic E-state index is -0.515. The van der Waals surface area contributed by atoms with Gasteiger partial charge in [0, 0.05) is 15.6 Å². The first-order valence-corrected chi connectivity index (χ1v) is 11.0. The van der Waals surface area contributed by atoms with Crippen LogP contribution in [-0.4, -0.2) is 27.8 Å². The zero-order chi connectivity index (χ0) is 22.0. The second kappa shape index (κ2) is 9.18. The molecule has 0 saturated carbocycles. The van der Waals surface area contributed by atoms with Crippen molar-refractivity contribution in [2.24, 2.45) is 0 Å². The number of hydrogen-bond donors (Lipinski definition) is 0. The van der Waals surface area contributed by atoms with Crippen LogP contribution in [0.3, 0.4) is 0 Å². The van der Waals surface area contributed by atoms with E-state index in [1.165, 1.54) is 18.9 Å². The predicted molar refractivity (Wildman–Crippen MR) is 121 cm³/mol. The van der Waals surface area contributed by atoms with Gasteiger partial charge < -0.3 is 9.15 Å². The quantitative estimate of drug-likeness (QED) is 0.244. The van der Waals surface area contributed by atoms with Crippen molar-refractivity contribution in [3.05, 3.63) is 81.7 Å². The van der Waals surface area contributed by atoms with Crippen LogP contribution in [0.4, 0.5) is 0 Å². The number of aromatic nitrogens is 3. The molecule has 0 aliphatic heterocycles. The number of carbonyl (C=O) groups is 1. The van der Waals surface area contributed by atoms with E-state index in [0.717, 1.165) is 16.8 Å². The van der Waals surface area contributed by atoms with Crippen molar-refractivity contribution in [1.29, 1.82) is 0 Å². The van der Waals surface area contributed by atoms with Crippen LogP contribution in [-0.2, 0) is 10.5 Å². The molecule has 0 aliphatic carbocycles. The van der Waals surface area contributed by atoms with Crippen LogP contribution in [0.1, 0.15) is 21.9 Å². The number of esters is 1. The molecule has 0 amide bonds. The van der Waals surface area contributed by atoms with Crippen LogP contribution in [0, 0.1) is 6.92 Å². The smallest absolute Gasteiger partial charge is 0.373 e. The summed E-state index contributed by atoms with van der Waals surface area (Å²) >= 11 is 13.9. The lowest BCUT2D eigenvalue weighted by molar-refractivity contribution is 0.0563. The van der Waals surface area contributed by atoms with E-state index in [0.29, 0.717) is 32.5 Å². The molecule has 0 atom stereocenters. The second-order valence-electron chi connectivity index (χ2n) is 6.63. The number of nitrogens with zero attached hydrogens (tertiary/aromatic N) is 3. The van der Waals surface area contributed by atoms with Gasteiger partial charge in [-0.2, -0.15) is 0 Å². The Kier molecular flexibility index (Phi) is 6.36. The average Bonchev–Trinajstić information content (AvgIpc) is 3.41. The standard InChI is InChI=1S/C22H17Cl2N3O3S/c1-13-3-8-16(11-18(13)24)27-20(14-4-6-15(23)7-5-14)25-26-22(27)31-12-17-9-10-19(30-17)21(28)29-2/h3-11H,12H2,1-2H3. The highest BCUT2D eigenvalue weighted by atomic mass is 35.5. The van der Waals surface area contributed by atoms with E-state index in [4.69, 9.17) is 27.6 Å². The fraction of sp³-hybridized carbons (Fsp3) is 0.136. The van der Waals surface area contributed by atoms with Crippen LogP contribution in [0.15, 0.2) is 64.2 Å². The first kappa shape index (κ1) is 21.5. The van der Waals surface area contributed by atoms with Gasteiger partial charge in [0.05, 0.1) is 18.6 Å². The Labute approximate surface area is 193 Å². The lowest BCUT2D eigenvalue weighted by Crippen LogP contribution is -2.00. The number of halogens is 2. The van der Waals surface area contributed by atoms with E-state index in [-0.39, 0.29) is 5.76 Å². The molecule has 158 valence electrons. The molecule has 0 aliphatic rings. The summed E-state index contributed by atoms with van der Waals surface area (Å²) in [5, 5.41) is 10.7. The van der Waals surface area contributed by atoms with Gasteiger partial charge in [-0.15, -0.1) is 10.2 Å². The normalized spacial score (nSPS) is 11.0. The fourth-order valence-electron chi connectivity index (χ4n) is 2.90. The van der Waals surface area contributed by atoms with Gasteiger partial charge in [-0.1, -0.05) is 41.0 Å². The van der Waals surface area contributed by atoms with Gasteiger partial charge in [-0.05, 0) is 61.0 Å². The minimum Gasteiger partial charge on any atom is -0.463 e. The molecule has 0 unspecified atom stereocenters. The zero-order valence-corrected chi connectivity index (χ0v) is 19.0. The molecule has 4 rings (SSSR count). The number of thioether (sulfide) groups is 1. The summed E-state index contributed by atoms with van der Waals surface area (Å²) < 4.78 is 12.2. The third kappa shape index (κ3) is 4.63. The SMILES string of the molecule is COC(=O)c1ccc(CSc2nnc(-c3ccc(Cl)cc3)n2-c2ccc(C)c(Cl)c2)o1. The third-order valence-corrected chi connectivity index (χ3v) is 6.15. The molecule has 2 aromatic carbocycles. The fourth-order valence-corrected chi connectivity index (χ4v) is 4.05. The van der Waals surface area contributed by atoms with E-state index in [9.17, 15) is 4.79 Å². The summed E-state index contributed by atoms with van der Waals surface area (Å²) in [5.41, 5.74) is 2.68. The maximum Gasteiger partial charge on any atom is 0.373 e. The molecule has 0 bridgehead atoms. The van der Waals surface area contributed by atoms with Gasteiger partial charge in [-0.25, -0.2) is 4.79 Å². The average molecular weight is 474 g/mol. The van der Waals surface area contributed by atoms with E-state index in [2.05, 4.69) is 14.9 Å². The van der Waals surface area contributed by atoms with Crippen molar-refractivity contribution >= 4 is 40.9 Å². The first-order chi connectivity index (χ1) is 15.0. The molecule has 4 aromatic rings. The van der Waals surface area contributed by atoms with E-state index in [1.807, 2.05) is 54.0 Å². The van der Waals surface area contributed by atoms with Crippen molar-refractivity contribution in [2.75, 3.05) is 7.11 Å². The van der Waals surface area contributed by atoms with Crippen molar-refractivity contribution in [3.63, 3.8) is 0 Å². The van der Waals surface area contributed by atoms with Crippen LogP contribution < -0.4 is 0 Å². The molecular weight excluding hydrogens is 457 g/mol. The largest absolute Gasteiger partial charge is 0.463 e. The Morgan fingerprint density at radius 2 is 1.87 bits per heavy atom. The molecular formula is C22H17Cl2N3O3S. The number of furan rings is 1. The molecule has 31 heavy (non-hydrogen) atoms. The Hall–Kier alpha value is -2.74. The number of carbonyl (C=O) groups excluding carboxylic acids is 1. The van der Waals surface area contributed by atoms with Gasteiger partial charge in [0.2, 0.25) is 5.76 Å². The van der Waals surface area contributed by atoms with Crippen molar-refractivity contribution in [1.82, 2.24) is 14.8 Å². The maximum absolute atomic E-state index is 11.6. The highest BCUT2D eigenvalue weighted by molar-refractivity contribution is 7.98. The highest BCUT2D eigenvalue weighted by Gasteiger charge is 2.18. The lowest BCUT2D eigenvalue weighted by atomic mass is 10.2. The van der Waals surface area contributed by atoms with Gasteiger partial charge >= 0.3 is 5.97 Å². The summed E-state index contributed by atoms with van der Waals surface area (Å²) in [4.78, 5) is 11.6. The maximum atomic E-state index is 11.6. The van der Waals surface area contributed by atoms with Crippen molar-refractivity contribution in [3.8, 4) is 17.1 Å². The summed E-state index contributed by atoms with van der Waals surface area (Å²) in [6.07, 6.45) is 0. The number of ether oxygens (including phenoxy) is 1. The Balaban J connectivity index is 1.70. The Bertz CT molecular complexity index is 1240. The zero-order valence-electron chi connectivity index (χ0n) is 16.6. The third-order valence-electron chi connectivity index (χ3n) is 4.54. The van der Waals surface area contributed by atoms with Gasteiger partial charge in [0.15, 0.2) is 11.0 Å². The van der Waals surface area contributed by atoms with E-state index in [1.54, 1.807) is 12.1 Å². The molecule has 0 spiro atoms. The summed E-state index contributed by atoms with van der Waals surface area (Å²) in [5.74, 6) is 1.38. The molecule has 0 saturated heterocycles. The number of methoxy groups -OCH3 is 1. The number of rotatable bonds is 6. The molecule has 2 aromatic heterocycles. The molecule has 2 heterocycles.